The molecule has 1 saturated heterocycles. The van der Waals surface area contributed by atoms with E-state index in [0.717, 1.165) is 13.1 Å². The SMILES string of the molecule is COc1ccc(C2CNCC2N)c(F)c1. The predicted octanol–water partition coefficient (Wildman–Crippen LogP) is 0.848. The molecular formula is C11H15FN2O. The lowest BCUT2D eigenvalue weighted by molar-refractivity contribution is 0.410. The molecule has 0 bridgehead atoms. The van der Waals surface area contributed by atoms with E-state index in [9.17, 15) is 4.39 Å². The molecule has 3 nitrogen and oxygen atoms in total. The van der Waals surface area contributed by atoms with Crippen LogP contribution >= 0.6 is 0 Å². The van der Waals surface area contributed by atoms with E-state index in [4.69, 9.17) is 10.5 Å². The van der Waals surface area contributed by atoms with Crippen molar-refractivity contribution in [2.75, 3.05) is 20.2 Å². The molecule has 2 rings (SSSR count). The highest BCUT2D eigenvalue weighted by molar-refractivity contribution is 5.32. The topological polar surface area (TPSA) is 47.3 Å². The zero-order chi connectivity index (χ0) is 10.8. The van der Waals surface area contributed by atoms with E-state index in [1.54, 1.807) is 12.1 Å². The van der Waals surface area contributed by atoms with Crippen LogP contribution in [0.5, 0.6) is 5.75 Å². The lowest BCUT2D eigenvalue weighted by Gasteiger charge is -2.15. The van der Waals surface area contributed by atoms with Crippen molar-refractivity contribution in [3.63, 3.8) is 0 Å². The van der Waals surface area contributed by atoms with Crippen LogP contribution in [0.4, 0.5) is 4.39 Å². The van der Waals surface area contributed by atoms with Crippen LogP contribution in [0.2, 0.25) is 0 Å². The first kappa shape index (κ1) is 10.4. The number of benzene rings is 1. The lowest BCUT2D eigenvalue weighted by Crippen LogP contribution is -2.28. The molecule has 0 amide bonds. The summed E-state index contributed by atoms with van der Waals surface area (Å²) >= 11 is 0. The van der Waals surface area contributed by atoms with Gasteiger partial charge in [-0.1, -0.05) is 6.07 Å². The van der Waals surface area contributed by atoms with Gasteiger partial charge in [-0.05, 0) is 11.6 Å². The van der Waals surface area contributed by atoms with Crippen LogP contribution in [0.25, 0.3) is 0 Å². The molecule has 0 radical (unpaired) electrons. The number of hydrogen-bond acceptors (Lipinski definition) is 3. The Morgan fingerprint density at radius 1 is 1.47 bits per heavy atom. The van der Waals surface area contributed by atoms with Crippen LogP contribution < -0.4 is 15.8 Å². The van der Waals surface area contributed by atoms with E-state index in [2.05, 4.69) is 5.32 Å². The van der Waals surface area contributed by atoms with Gasteiger partial charge >= 0.3 is 0 Å². The molecule has 0 aromatic heterocycles. The van der Waals surface area contributed by atoms with Crippen molar-refractivity contribution in [2.24, 2.45) is 5.73 Å². The van der Waals surface area contributed by atoms with Crippen LogP contribution in [0.3, 0.4) is 0 Å². The second-order valence-corrected chi connectivity index (χ2v) is 3.82. The van der Waals surface area contributed by atoms with Gasteiger partial charge in [0.15, 0.2) is 0 Å². The van der Waals surface area contributed by atoms with E-state index in [0.29, 0.717) is 11.3 Å². The van der Waals surface area contributed by atoms with Gasteiger partial charge in [-0.15, -0.1) is 0 Å². The fourth-order valence-corrected chi connectivity index (χ4v) is 1.98. The van der Waals surface area contributed by atoms with Crippen LogP contribution in [-0.4, -0.2) is 26.2 Å². The van der Waals surface area contributed by atoms with Gasteiger partial charge in [0, 0.05) is 31.1 Å². The van der Waals surface area contributed by atoms with E-state index in [1.807, 2.05) is 0 Å². The Hall–Kier alpha value is -1.13. The number of nitrogens with one attached hydrogen (secondary N) is 1. The number of halogens is 1. The van der Waals surface area contributed by atoms with Gasteiger partial charge in [-0.3, -0.25) is 0 Å². The van der Waals surface area contributed by atoms with E-state index in [1.165, 1.54) is 13.2 Å². The van der Waals surface area contributed by atoms with Gasteiger partial charge in [0.05, 0.1) is 7.11 Å². The van der Waals surface area contributed by atoms with Gasteiger partial charge in [0.2, 0.25) is 0 Å². The standard InChI is InChI=1S/C11H15FN2O/c1-15-7-2-3-8(10(12)4-7)9-5-14-6-11(9)13/h2-4,9,11,14H,5-6,13H2,1H3. The number of rotatable bonds is 2. The first-order valence-electron chi connectivity index (χ1n) is 5.02. The van der Waals surface area contributed by atoms with E-state index in [-0.39, 0.29) is 17.8 Å². The fraction of sp³-hybridized carbons (Fsp3) is 0.455. The first-order valence-corrected chi connectivity index (χ1v) is 5.02. The third-order valence-corrected chi connectivity index (χ3v) is 2.87. The zero-order valence-electron chi connectivity index (χ0n) is 8.66. The lowest BCUT2D eigenvalue weighted by atomic mass is 9.94. The summed E-state index contributed by atoms with van der Waals surface area (Å²) in [7, 11) is 1.53. The van der Waals surface area contributed by atoms with Crippen LogP contribution in [0, 0.1) is 5.82 Å². The zero-order valence-corrected chi connectivity index (χ0v) is 8.66. The highest BCUT2D eigenvalue weighted by Crippen LogP contribution is 2.26. The minimum Gasteiger partial charge on any atom is -0.497 e. The van der Waals surface area contributed by atoms with Crippen molar-refractivity contribution in [3.05, 3.63) is 29.6 Å². The van der Waals surface area contributed by atoms with Crippen molar-refractivity contribution < 1.29 is 9.13 Å². The molecule has 4 heteroatoms. The molecule has 0 aliphatic carbocycles. The Labute approximate surface area is 88.4 Å². The van der Waals surface area contributed by atoms with Crippen LogP contribution in [0.1, 0.15) is 11.5 Å². The Morgan fingerprint density at radius 3 is 2.80 bits per heavy atom. The van der Waals surface area contributed by atoms with Crippen molar-refractivity contribution >= 4 is 0 Å². The average molecular weight is 210 g/mol. The number of methoxy groups -OCH3 is 1. The highest BCUT2D eigenvalue weighted by atomic mass is 19.1. The minimum atomic E-state index is -0.237. The Bertz CT molecular complexity index is 356. The Kier molecular flexibility index (Phi) is 2.88. The van der Waals surface area contributed by atoms with Crippen molar-refractivity contribution in [1.29, 1.82) is 0 Å². The third kappa shape index (κ3) is 1.96. The van der Waals surface area contributed by atoms with E-state index >= 15 is 0 Å². The number of ether oxygens (including phenoxy) is 1. The van der Waals surface area contributed by atoms with Crippen molar-refractivity contribution in [1.82, 2.24) is 5.32 Å². The molecule has 2 unspecified atom stereocenters. The Morgan fingerprint density at radius 2 is 2.27 bits per heavy atom. The highest BCUT2D eigenvalue weighted by Gasteiger charge is 2.27. The number of hydrogen-bond donors (Lipinski definition) is 2. The van der Waals surface area contributed by atoms with Crippen molar-refractivity contribution in [2.45, 2.75) is 12.0 Å². The quantitative estimate of drug-likeness (QED) is 0.760. The van der Waals surface area contributed by atoms with Gasteiger partial charge in [0.25, 0.3) is 0 Å². The summed E-state index contributed by atoms with van der Waals surface area (Å²) in [6.07, 6.45) is 0. The molecule has 1 aromatic rings. The molecule has 0 saturated carbocycles. The maximum Gasteiger partial charge on any atom is 0.130 e. The van der Waals surface area contributed by atoms with E-state index < -0.39 is 0 Å². The third-order valence-electron chi connectivity index (χ3n) is 2.87. The summed E-state index contributed by atoms with van der Waals surface area (Å²) in [5.74, 6) is 0.366. The molecule has 1 aliphatic rings. The molecule has 82 valence electrons. The number of nitrogens with two attached hydrogens (primary N) is 1. The average Bonchev–Trinajstić information content (AvgIpc) is 2.64. The molecule has 3 N–H and O–H groups in total. The monoisotopic (exact) mass is 210 g/mol. The molecule has 1 aromatic carbocycles. The maximum absolute atomic E-state index is 13.7. The smallest absolute Gasteiger partial charge is 0.130 e. The molecular weight excluding hydrogens is 195 g/mol. The Balaban J connectivity index is 2.28. The largest absolute Gasteiger partial charge is 0.497 e. The first-order chi connectivity index (χ1) is 7.22. The van der Waals surface area contributed by atoms with Gasteiger partial charge in [-0.25, -0.2) is 4.39 Å². The van der Waals surface area contributed by atoms with Crippen LogP contribution in [0.15, 0.2) is 18.2 Å². The summed E-state index contributed by atoms with van der Waals surface area (Å²) in [5, 5.41) is 3.15. The molecule has 1 heterocycles. The summed E-state index contributed by atoms with van der Waals surface area (Å²) in [6.45, 7) is 1.49. The molecule has 1 fully saturated rings. The van der Waals surface area contributed by atoms with Crippen molar-refractivity contribution in [3.8, 4) is 5.75 Å². The van der Waals surface area contributed by atoms with Gasteiger partial charge < -0.3 is 15.8 Å². The van der Waals surface area contributed by atoms with Gasteiger partial charge in [0.1, 0.15) is 11.6 Å². The molecule has 2 atom stereocenters. The summed E-state index contributed by atoms with van der Waals surface area (Å²) < 4.78 is 18.7. The normalized spacial score (nSPS) is 25.5. The molecule has 1 aliphatic heterocycles. The van der Waals surface area contributed by atoms with Gasteiger partial charge in [-0.2, -0.15) is 0 Å². The second-order valence-electron chi connectivity index (χ2n) is 3.82. The molecule has 15 heavy (non-hydrogen) atoms. The van der Waals surface area contributed by atoms with Crippen LogP contribution in [-0.2, 0) is 0 Å². The predicted molar refractivity (Wildman–Crippen MR) is 56.5 cm³/mol. The second kappa shape index (κ2) is 4.16. The summed E-state index contributed by atoms with van der Waals surface area (Å²) in [6, 6.07) is 4.92. The maximum atomic E-state index is 13.7. The minimum absolute atomic E-state index is 0.00658. The summed E-state index contributed by atoms with van der Waals surface area (Å²) in [5.41, 5.74) is 6.56. The summed E-state index contributed by atoms with van der Waals surface area (Å²) in [4.78, 5) is 0. The fourth-order valence-electron chi connectivity index (χ4n) is 1.98. The molecule has 0 spiro atoms.